The molecule has 2 atom stereocenters. The van der Waals surface area contributed by atoms with Crippen molar-refractivity contribution >= 4 is 38.2 Å². The topological polar surface area (TPSA) is 0 Å². The van der Waals surface area contributed by atoms with E-state index in [0.717, 1.165) is 6.42 Å². The quantitative estimate of drug-likeness (QED) is 0.277. The van der Waals surface area contributed by atoms with Gasteiger partial charge in [0.2, 0.25) is 0 Å². The molecule has 0 bridgehead atoms. The first kappa shape index (κ1) is 20.4. The molecule has 0 amide bonds. The van der Waals surface area contributed by atoms with Gasteiger partial charge >= 0.3 is 175 Å². The van der Waals surface area contributed by atoms with Crippen molar-refractivity contribution in [2.45, 2.75) is 50.4 Å². The third-order valence-corrected chi connectivity index (χ3v) is 24.4. The van der Waals surface area contributed by atoms with Gasteiger partial charge in [-0.1, -0.05) is 0 Å². The van der Waals surface area contributed by atoms with Gasteiger partial charge in [0, 0.05) is 0 Å². The van der Waals surface area contributed by atoms with Crippen molar-refractivity contribution in [2.75, 3.05) is 0 Å². The van der Waals surface area contributed by atoms with Gasteiger partial charge in [-0.3, -0.25) is 0 Å². The van der Waals surface area contributed by atoms with Crippen molar-refractivity contribution in [1.82, 2.24) is 0 Å². The van der Waals surface area contributed by atoms with Crippen LogP contribution in [0.25, 0.3) is 0 Å². The van der Waals surface area contributed by atoms with E-state index < -0.39 is 25.2 Å². The van der Waals surface area contributed by atoms with Crippen LogP contribution in [0.2, 0.25) is 16.3 Å². The normalized spacial score (nSPS) is 30.2. The van der Waals surface area contributed by atoms with Crippen molar-refractivity contribution < 1.29 is 16.8 Å². The summed E-state index contributed by atoms with van der Waals surface area (Å²) < 4.78 is 0.156. The molecule has 4 heteroatoms. The Morgan fingerprint density at radius 3 is 2.36 bits per heavy atom. The fourth-order valence-electron chi connectivity index (χ4n) is 5.04. The Balaban J connectivity index is 2.32. The number of allylic oxidation sites excluding steroid dienone is 10. The predicted octanol–water partition coefficient (Wildman–Crippen LogP) is 7.27. The predicted molar refractivity (Wildman–Crippen MR) is 118 cm³/mol. The first-order chi connectivity index (χ1) is 11.7. The zero-order valence-electron chi connectivity index (χ0n) is 16.0. The van der Waals surface area contributed by atoms with Crippen LogP contribution in [0.1, 0.15) is 34.1 Å². The van der Waals surface area contributed by atoms with Crippen molar-refractivity contribution in [2.24, 2.45) is 11.3 Å². The number of hydrogen-bond acceptors (Lipinski definition) is 0. The van der Waals surface area contributed by atoms with E-state index in [4.69, 9.17) is 0 Å². The molecule has 0 aromatic heterocycles. The van der Waals surface area contributed by atoms with Gasteiger partial charge in [0.25, 0.3) is 0 Å². The summed E-state index contributed by atoms with van der Waals surface area (Å²) in [6.45, 7) is 14.7. The molecular formula is C21H27Br2HfSi. The zero-order chi connectivity index (χ0) is 18.6. The molecule has 0 aromatic rings. The Bertz CT molecular complexity index is 789. The van der Waals surface area contributed by atoms with Gasteiger partial charge in [0.15, 0.2) is 0 Å². The number of hydrogen-bond donors (Lipinski definition) is 0. The van der Waals surface area contributed by atoms with E-state index in [-0.39, 0.29) is 8.59 Å². The first-order valence-corrected chi connectivity index (χ1v) is 29.0. The number of rotatable bonds is 2. The molecule has 0 spiro atoms. The van der Waals surface area contributed by atoms with Crippen LogP contribution in [0.3, 0.4) is 0 Å². The molecule has 2 unspecified atom stereocenters. The maximum atomic E-state index is 4.19. The molecule has 25 heavy (non-hydrogen) atoms. The molecule has 0 saturated heterocycles. The van der Waals surface area contributed by atoms with E-state index in [2.05, 4.69) is 102 Å². The van der Waals surface area contributed by atoms with Gasteiger partial charge in [-0.25, -0.2) is 0 Å². The van der Waals surface area contributed by atoms with E-state index in [9.17, 15) is 0 Å². The van der Waals surface area contributed by atoms with Crippen LogP contribution in [0.15, 0.2) is 58.7 Å². The van der Waals surface area contributed by atoms with Crippen LogP contribution >= 0.6 is 24.6 Å². The standard InChI is InChI=1S/C21H27Si.2BrH.Hf/c1-14-18(22(5)6)13-9-12-17-19(14)15(2)21(3,4)20(17)16-10-7-8-11-16;;;/h7-10,12-14H,11H2,1-6H3;2*1H;/q;;;+2/p-2. The molecular weight excluding hydrogens is 619 g/mol. The Labute approximate surface area is 174 Å². The second-order valence-electron chi connectivity index (χ2n) is 8.11. The molecule has 3 aliphatic rings. The van der Waals surface area contributed by atoms with Gasteiger partial charge in [-0.15, -0.1) is 0 Å². The van der Waals surface area contributed by atoms with Crippen LogP contribution in [-0.4, -0.2) is 13.6 Å². The summed E-state index contributed by atoms with van der Waals surface area (Å²) in [7, 11) is -0.451. The zero-order valence-corrected chi connectivity index (χ0v) is 23.8. The van der Waals surface area contributed by atoms with Crippen molar-refractivity contribution in [3.8, 4) is 0 Å². The summed E-state index contributed by atoms with van der Waals surface area (Å²) in [4.78, 5) is 0. The van der Waals surface area contributed by atoms with E-state index in [1.807, 2.05) is 0 Å². The average molecular weight is 646 g/mol. The minimum absolute atomic E-state index is 0.153. The molecule has 133 valence electrons. The van der Waals surface area contributed by atoms with E-state index in [0.29, 0.717) is 5.92 Å². The summed E-state index contributed by atoms with van der Waals surface area (Å²) in [5.74, 6) is 0.538. The van der Waals surface area contributed by atoms with E-state index >= 15 is 0 Å². The molecule has 0 heterocycles. The summed E-state index contributed by atoms with van der Waals surface area (Å²) in [5.41, 5.74) is 6.59. The third-order valence-electron chi connectivity index (χ3n) is 6.53. The van der Waals surface area contributed by atoms with Gasteiger partial charge < -0.3 is 0 Å². The molecule has 0 nitrogen and oxygen atoms in total. The van der Waals surface area contributed by atoms with Gasteiger partial charge in [-0.2, -0.15) is 0 Å². The van der Waals surface area contributed by atoms with Crippen molar-refractivity contribution in [3.63, 3.8) is 0 Å². The molecule has 3 rings (SSSR count). The van der Waals surface area contributed by atoms with Crippen molar-refractivity contribution in [3.05, 3.63) is 58.7 Å². The molecule has 0 N–H and O–H groups in total. The summed E-state index contributed by atoms with van der Waals surface area (Å²) in [6.07, 6.45) is 15.3. The number of fused-ring (bicyclic) bond motifs is 1. The van der Waals surface area contributed by atoms with Crippen molar-refractivity contribution in [1.29, 1.82) is 0 Å². The van der Waals surface area contributed by atoms with Crippen LogP contribution in [-0.2, 0) is 16.8 Å². The maximum absolute atomic E-state index is 4.19. The second kappa shape index (κ2) is 7.22. The van der Waals surface area contributed by atoms with Crippen LogP contribution < -0.4 is 0 Å². The Kier molecular flexibility index (Phi) is 5.88. The summed E-state index contributed by atoms with van der Waals surface area (Å²) >= 11 is 6.15. The monoisotopic (exact) mass is 645 g/mol. The first-order valence-electron chi connectivity index (χ1n) is 8.99. The molecule has 0 saturated carbocycles. The fourth-order valence-corrected chi connectivity index (χ4v) is 27.7. The minimum atomic E-state index is -2.24. The third kappa shape index (κ3) is 2.84. The van der Waals surface area contributed by atoms with Gasteiger partial charge in [0.05, 0.1) is 0 Å². The summed E-state index contributed by atoms with van der Waals surface area (Å²) in [5, 5.41) is 1.66. The molecule has 0 aliphatic heterocycles. The molecule has 0 radical (unpaired) electrons. The second-order valence-corrected chi connectivity index (χ2v) is 37.0. The molecule has 3 aliphatic carbocycles. The SMILES string of the molecule is CC1=C2C(=CC=CC(=[Si](C)C)C2C)[C](C2=CC=CC2)([Hf]([Br])[Br])C1(C)C. The molecule has 0 aromatic carbocycles. The fraction of sp³-hybridized carbons (Fsp3) is 0.476. The Morgan fingerprint density at radius 1 is 1.16 bits per heavy atom. The van der Waals surface area contributed by atoms with E-state index in [1.54, 1.807) is 27.5 Å². The summed E-state index contributed by atoms with van der Waals surface area (Å²) in [6, 6.07) is 0. The Hall–Kier alpha value is 0.617. The van der Waals surface area contributed by atoms with Gasteiger partial charge in [-0.05, 0) is 0 Å². The van der Waals surface area contributed by atoms with Gasteiger partial charge in [0.1, 0.15) is 0 Å². The average Bonchev–Trinajstić information content (AvgIpc) is 3.04. The number of halogens is 2. The van der Waals surface area contributed by atoms with Crippen LogP contribution in [0.5, 0.6) is 0 Å². The van der Waals surface area contributed by atoms with E-state index in [1.165, 1.54) is 0 Å². The Morgan fingerprint density at radius 2 is 1.84 bits per heavy atom. The van der Waals surface area contributed by atoms with Crippen LogP contribution in [0.4, 0.5) is 0 Å². The van der Waals surface area contributed by atoms with Crippen LogP contribution in [0, 0.1) is 11.3 Å². The molecule has 0 fully saturated rings.